The van der Waals surface area contributed by atoms with Crippen LogP contribution in [0.5, 0.6) is 0 Å². The van der Waals surface area contributed by atoms with E-state index in [9.17, 15) is 0 Å². The van der Waals surface area contributed by atoms with E-state index in [1.807, 2.05) is 19.0 Å². The van der Waals surface area contributed by atoms with Crippen molar-refractivity contribution in [1.29, 1.82) is 0 Å². The summed E-state index contributed by atoms with van der Waals surface area (Å²) in [6.45, 7) is 4.36. The molecule has 1 N–H and O–H groups in total. The van der Waals surface area contributed by atoms with Crippen LogP contribution in [0.2, 0.25) is 0 Å². The first-order chi connectivity index (χ1) is 3.27. The molecule has 0 atom stereocenters. The number of rotatable bonds is 3. The van der Waals surface area contributed by atoms with Gasteiger partial charge in [-0.15, -0.1) is 0 Å². The third-order valence-corrected chi connectivity index (χ3v) is 0.552. The van der Waals surface area contributed by atoms with Gasteiger partial charge in [0.25, 0.3) is 0 Å². The van der Waals surface area contributed by atoms with Gasteiger partial charge < -0.3 is 5.32 Å². The largest absolute Gasteiger partial charge is 0.379 e. The van der Waals surface area contributed by atoms with Crippen LogP contribution in [0.25, 0.3) is 0 Å². The van der Waals surface area contributed by atoms with Crippen LogP contribution in [0, 0.1) is 0 Å². The van der Waals surface area contributed by atoms with E-state index in [1.165, 1.54) is 0 Å². The van der Waals surface area contributed by atoms with Crippen molar-refractivity contribution in [3.8, 4) is 0 Å². The fourth-order valence-electron chi connectivity index (χ4n) is 0.247. The summed E-state index contributed by atoms with van der Waals surface area (Å²) in [7, 11) is 3.99. The maximum Gasteiger partial charge on any atom is 0.0668 e. The second-order valence-corrected chi connectivity index (χ2v) is 1.65. The molecule has 0 aliphatic rings. The zero-order chi connectivity index (χ0) is 5.70. The van der Waals surface area contributed by atoms with Crippen molar-refractivity contribution < 1.29 is 0 Å². The van der Waals surface area contributed by atoms with Crippen LogP contribution in [0.3, 0.4) is 0 Å². The number of nitrogens with one attached hydrogen (secondary N) is 1. The molecule has 0 rings (SSSR count). The Balaban J connectivity index is 2.81. The Kier molecular flexibility index (Phi) is 3.42. The lowest BCUT2D eigenvalue weighted by molar-refractivity contribution is 0.393. The number of nitrogens with zero attached hydrogens (tertiary/aromatic N) is 1. The van der Waals surface area contributed by atoms with Gasteiger partial charge in [0.15, 0.2) is 0 Å². The topological polar surface area (TPSA) is 15.3 Å². The van der Waals surface area contributed by atoms with Gasteiger partial charge in [-0.25, -0.2) is 0 Å². The van der Waals surface area contributed by atoms with Crippen molar-refractivity contribution in [3.63, 3.8) is 0 Å². The van der Waals surface area contributed by atoms with Gasteiger partial charge in [0.05, 0.1) is 6.67 Å². The highest BCUT2D eigenvalue weighted by molar-refractivity contribution is 4.60. The zero-order valence-corrected chi connectivity index (χ0v) is 4.94. The van der Waals surface area contributed by atoms with Crippen LogP contribution in [0.4, 0.5) is 0 Å². The first-order valence-electron chi connectivity index (χ1n) is 2.26. The molecule has 0 saturated carbocycles. The minimum absolute atomic E-state index is 0.865. The van der Waals surface area contributed by atoms with Crippen molar-refractivity contribution >= 4 is 0 Å². The van der Waals surface area contributed by atoms with Crippen LogP contribution >= 0.6 is 0 Å². The molecule has 0 unspecified atom stereocenters. The Labute approximate surface area is 44.8 Å². The summed E-state index contributed by atoms with van der Waals surface area (Å²) in [5.74, 6) is 0. The Bertz CT molecular complexity index is 50.0. The Morgan fingerprint density at radius 2 is 2.29 bits per heavy atom. The van der Waals surface area contributed by atoms with E-state index in [4.69, 9.17) is 0 Å². The van der Waals surface area contributed by atoms with E-state index in [0.717, 1.165) is 6.67 Å². The Hall–Kier alpha value is -0.500. The van der Waals surface area contributed by atoms with E-state index >= 15 is 0 Å². The van der Waals surface area contributed by atoms with E-state index in [2.05, 4.69) is 11.9 Å². The minimum atomic E-state index is 0.865. The summed E-state index contributed by atoms with van der Waals surface area (Å²) in [4.78, 5) is 2.03. The molecule has 0 aromatic heterocycles. The first kappa shape index (κ1) is 6.50. The molecule has 7 heavy (non-hydrogen) atoms. The smallest absolute Gasteiger partial charge is 0.0668 e. The number of hydrogen-bond donors (Lipinski definition) is 1. The van der Waals surface area contributed by atoms with E-state index < -0.39 is 0 Å². The van der Waals surface area contributed by atoms with Crippen molar-refractivity contribution in [3.05, 3.63) is 12.8 Å². The van der Waals surface area contributed by atoms with E-state index in [-0.39, 0.29) is 0 Å². The predicted molar refractivity (Wildman–Crippen MR) is 31.9 cm³/mol. The van der Waals surface area contributed by atoms with Crippen molar-refractivity contribution in [1.82, 2.24) is 10.2 Å². The minimum Gasteiger partial charge on any atom is -0.379 e. The third kappa shape index (κ3) is 5.50. The molecule has 0 bridgehead atoms. The highest BCUT2D eigenvalue weighted by Crippen LogP contribution is 1.64. The summed E-state index contributed by atoms with van der Waals surface area (Å²) in [5, 5.41) is 2.94. The van der Waals surface area contributed by atoms with Gasteiger partial charge in [0.1, 0.15) is 0 Å². The quantitative estimate of drug-likeness (QED) is 0.511. The van der Waals surface area contributed by atoms with Gasteiger partial charge in [-0.1, -0.05) is 6.58 Å². The third-order valence-electron chi connectivity index (χ3n) is 0.552. The van der Waals surface area contributed by atoms with E-state index in [1.54, 1.807) is 6.20 Å². The summed E-state index contributed by atoms with van der Waals surface area (Å²) in [6, 6.07) is 0. The molecule has 0 saturated heterocycles. The normalized spacial score (nSPS) is 9.00. The fraction of sp³-hybridized carbons (Fsp3) is 0.600. The van der Waals surface area contributed by atoms with Gasteiger partial charge in [-0.2, -0.15) is 0 Å². The molecular weight excluding hydrogens is 88.1 g/mol. The molecule has 0 fully saturated rings. The highest BCUT2D eigenvalue weighted by atomic mass is 15.2. The molecule has 0 aliphatic heterocycles. The van der Waals surface area contributed by atoms with Gasteiger partial charge in [-0.05, 0) is 20.3 Å². The van der Waals surface area contributed by atoms with Gasteiger partial charge in [-0.3, -0.25) is 4.90 Å². The van der Waals surface area contributed by atoms with E-state index in [0.29, 0.717) is 0 Å². The summed E-state index contributed by atoms with van der Waals surface area (Å²) < 4.78 is 0. The SMILES string of the molecule is C=CNCN(C)C. The number of hydrogen-bond acceptors (Lipinski definition) is 2. The second kappa shape index (κ2) is 3.68. The Morgan fingerprint density at radius 3 is 2.43 bits per heavy atom. The lowest BCUT2D eigenvalue weighted by Crippen LogP contribution is -2.23. The average Bonchev–Trinajstić information content (AvgIpc) is 1.61. The summed E-state index contributed by atoms with van der Waals surface area (Å²) >= 11 is 0. The lowest BCUT2D eigenvalue weighted by atomic mass is 10.8. The lowest BCUT2D eigenvalue weighted by Gasteiger charge is -2.07. The van der Waals surface area contributed by atoms with Crippen LogP contribution in [-0.4, -0.2) is 25.7 Å². The maximum atomic E-state index is 3.49. The molecule has 0 aromatic carbocycles. The highest BCUT2D eigenvalue weighted by Gasteiger charge is 1.78. The van der Waals surface area contributed by atoms with Crippen LogP contribution in [-0.2, 0) is 0 Å². The monoisotopic (exact) mass is 100 g/mol. The molecule has 0 aromatic rings. The summed E-state index contributed by atoms with van der Waals surface area (Å²) in [5.41, 5.74) is 0. The first-order valence-corrected chi connectivity index (χ1v) is 2.26. The van der Waals surface area contributed by atoms with Crippen LogP contribution < -0.4 is 5.32 Å². The molecule has 0 amide bonds. The van der Waals surface area contributed by atoms with Crippen molar-refractivity contribution in [2.24, 2.45) is 0 Å². The molecule has 2 nitrogen and oxygen atoms in total. The van der Waals surface area contributed by atoms with Gasteiger partial charge in [0.2, 0.25) is 0 Å². The predicted octanol–water partition coefficient (Wildman–Crippen LogP) is 0.239. The molecule has 0 spiro atoms. The molecule has 42 valence electrons. The molecule has 0 aliphatic carbocycles. The molecule has 0 radical (unpaired) electrons. The molecule has 0 heterocycles. The average molecular weight is 100 g/mol. The van der Waals surface area contributed by atoms with Gasteiger partial charge >= 0.3 is 0 Å². The van der Waals surface area contributed by atoms with Crippen molar-refractivity contribution in [2.45, 2.75) is 0 Å². The second-order valence-electron chi connectivity index (χ2n) is 1.65. The Morgan fingerprint density at radius 1 is 1.71 bits per heavy atom. The fourth-order valence-corrected chi connectivity index (χ4v) is 0.247. The van der Waals surface area contributed by atoms with Crippen LogP contribution in [0.1, 0.15) is 0 Å². The molecule has 2 heteroatoms. The standard InChI is InChI=1S/C5H12N2/c1-4-6-5-7(2)3/h4,6H,1,5H2,2-3H3. The molecular formula is C5H12N2. The van der Waals surface area contributed by atoms with Crippen molar-refractivity contribution in [2.75, 3.05) is 20.8 Å². The van der Waals surface area contributed by atoms with Crippen LogP contribution in [0.15, 0.2) is 12.8 Å². The maximum absolute atomic E-state index is 3.49. The summed E-state index contributed by atoms with van der Waals surface area (Å²) in [6.07, 6.45) is 1.68. The van der Waals surface area contributed by atoms with Gasteiger partial charge in [0, 0.05) is 0 Å². The zero-order valence-electron chi connectivity index (χ0n) is 4.94.